The van der Waals surface area contributed by atoms with Gasteiger partial charge in [0, 0.05) is 25.0 Å². The maximum atomic E-state index is 15.0. The van der Waals surface area contributed by atoms with Gasteiger partial charge in [0.1, 0.15) is 6.61 Å². The number of amides is 3. The largest absolute Gasteiger partial charge is 0.481 e. The number of carboxylic acids is 1. The molecule has 0 aromatic heterocycles. The van der Waals surface area contributed by atoms with E-state index in [1.54, 1.807) is 6.92 Å². The predicted octanol–water partition coefficient (Wildman–Crippen LogP) is 5.56. The van der Waals surface area contributed by atoms with Crippen molar-refractivity contribution in [2.45, 2.75) is 118 Å². The first-order valence-corrected chi connectivity index (χ1v) is 19.1. The summed E-state index contributed by atoms with van der Waals surface area (Å²) in [5.41, 5.74) is -0.151. The molecule has 9 unspecified atom stereocenters. The van der Waals surface area contributed by atoms with E-state index in [4.69, 9.17) is 9.47 Å². The fourth-order valence-electron chi connectivity index (χ4n) is 9.99. The molecule has 1 N–H and O–H groups in total. The highest BCUT2D eigenvalue weighted by molar-refractivity contribution is 6.07. The van der Waals surface area contributed by atoms with Crippen LogP contribution in [0.5, 0.6) is 0 Å². The first-order chi connectivity index (χ1) is 23.0. The first kappa shape index (κ1) is 36.8. The van der Waals surface area contributed by atoms with Gasteiger partial charge in [-0.3, -0.25) is 28.9 Å². The second-order valence-corrected chi connectivity index (χ2v) is 16.0. The van der Waals surface area contributed by atoms with Crippen molar-refractivity contribution in [2.75, 3.05) is 32.9 Å². The number of hydrogen-bond acceptors (Lipinski definition) is 7. The predicted molar refractivity (Wildman–Crippen MR) is 179 cm³/mol. The van der Waals surface area contributed by atoms with Gasteiger partial charge in [-0.15, -0.1) is 0 Å². The van der Waals surface area contributed by atoms with Crippen LogP contribution in [0, 0.1) is 58.7 Å². The summed E-state index contributed by atoms with van der Waals surface area (Å²) in [7, 11) is 0. The number of hydrogen-bond donors (Lipinski definition) is 1. The second kappa shape index (κ2) is 15.6. The van der Waals surface area contributed by atoms with Gasteiger partial charge in [0.2, 0.25) is 17.7 Å². The summed E-state index contributed by atoms with van der Waals surface area (Å²) in [4.78, 5) is 73.6. The third kappa shape index (κ3) is 6.93. The quantitative estimate of drug-likeness (QED) is 0.167. The van der Waals surface area contributed by atoms with E-state index < -0.39 is 47.4 Å². The summed E-state index contributed by atoms with van der Waals surface area (Å²) in [5.74, 6) is -7.68. The third-order valence-electron chi connectivity index (χ3n) is 13.1. The highest BCUT2D eigenvalue weighted by Gasteiger charge is 2.63. The van der Waals surface area contributed by atoms with Crippen LogP contribution in [0.15, 0.2) is 0 Å². The molecule has 5 aliphatic rings. The number of carboxylic acid groups (broad SMARTS) is 1. The van der Waals surface area contributed by atoms with Crippen molar-refractivity contribution < 1.29 is 38.6 Å². The van der Waals surface area contributed by atoms with E-state index in [1.165, 1.54) is 4.90 Å². The van der Waals surface area contributed by atoms with E-state index in [9.17, 15) is 29.1 Å². The van der Waals surface area contributed by atoms with Crippen LogP contribution < -0.4 is 0 Å². The Bertz CT molecular complexity index is 1180. The lowest BCUT2D eigenvalue weighted by Crippen LogP contribution is -2.53. The fourth-order valence-corrected chi connectivity index (χ4v) is 9.99. The van der Waals surface area contributed by atoms with Gasteiger partial charge in [-0.2, -0.15) is 0 Å². The molecule has 3 saturated carbocycles. The van der Waals surface area contributed by atoms with Crippen molar-refractivity contribution in [2.24, 2.45) is 58.7 Å². The number of fused-ring (bicyclic) bond motifs is 2. The molecule has 2 saturated heterocycles. The second-order valence-electron chi connectivity index (χ2n) is 16.0. The topological polar surface area (TPSA) is 131 Å². The lowest BCUT2D eigenvalue weighted by molar-refractivity contribution is -0.177. The maximum Gasteiger partial charge on any atom is 0.309 e. The van der Waals surface area contributed by atoms with Crippen LogP contribution in [0.25, 0.3) is 0 Å². The Balaban J connectivity index is 1.50. The summed E-state index contributed by atoms with van der Waals surface area (Å²) in [5, 5.41) is 11.1. The number of ether oxygens (including phenoxy) is 2. The molecule has 3 amide bonds. The summed E-state index contributed by atoms with van der Waals surface area (Å²) < 4.78 is 11.4. The molecule has 270 valence electrons. The minimum Gasteiger partial charge on any atom is -0.481 e. The molecule has 48 heavy (non-hydrogen) atoms. The lowest BCUT2D eigenvalue weighted by atomic mass is 9.62. The lowest BCUT2D eigenvalue weighted by Gasteiger charge is -2.43. The molecular formula is C38H60N2O8. The molecule has 2 heterocycles. The van der Waals surface area contributed by atoms with E-state index in [1.807, 2.05) is 4.90 Å². The monoisotopic (exact) mass is 672 g/mol. The molecule has 5 fully saturated rings. The normalized spacial score (nSPS) is 32.6. The SMILES string of the molecule is CCCCN(CCCC)C(=O)C(C(C(=O)O)C1C(=O)N(C2CCCCC2)C(=O)C1C)C1C(C)C2CC(C(=O)OCC3(CC)COC3)C1C2. The molecule has 0 radical (unpaired) electrons. The van der Waals surface area contributed by atoms with Crippen LogP contribution >= 0.6 is 0 Å². The Morgan fingerprint density at radius 2 is 1.60 bits per heavy atom. The van der Waals surface area contributed by atoms with Gasteiger partial charge >= 0.3 is 11.9 Å². The number of esters is 1. The molecule has 0 spiro atoms. The van der Waals surface area contributed by atoms with Crippen LogP contribution in [0.2, 0.25) is 0 Å². The Kier molecular flexibility index (Phi) is 11.9. The third-order valence-corrected chi connectivity index (χ3v) is 13.1. The van der Waals surface area contributed by atoms with Gasteiger partial charge in [0.15, 0.2) is 0 Å². The number of carbonyl (C=O) groups excluding carboxylic acids is 4. The van der Waals surface area contributed by atoms with E-state index in [2.05, 4.69) is 27.7 Å². The van der Waals surface area contributed by atoms with Gasteiger partial charge in [-0.1, -0.05) is 66.7 Å². The maximum absolute atomic E-state index is 15.0. The van der Waals surface area contributed by atoms with Crippen molar-refractivity contribution in [3.63, 3.8) is 0 Å². The van der Waals surface area contributed by atoms with E-state index in [0.717, 1.165) is 70.6 Å². The standard InChI is InChI=1S/C38H60N2O8/c1-6-9-16-39(17-10-7-2)34(42)31(32(36(44)45)30-24(5)33(41)40(35(30)43)26-14-12-11-13-15-26)29-23(4)25-18-27(29)28(19-25)37(46)48-22-38(8-3)20-47-21-38/h23-32H,6-22H2,1-5H3,(H,44,45). The summed E-state index contributed by atoms with van der Waals surface area (Å²) >= 11 is 0. The first-order valence-electron chi connectivity index (χ1n) is 19.1. The molecule has 0 aromatic carbocycles. The number of unbranched alkanes of at least 4 members (excludes halogenated alkanes) is 2. The Morgan fingerprint density at radius 1 is 0.958 bits per heavy atom. The minimum atomic E-state index is -1.36. The van der Waals surface area contributed by atoms with Crippen molar-refractivity contribution in [3.05, 3.63) is 0 Å². The van der Waals surface area contributed by atoms with Gasteiger partial charge < -0.3 is 19.5 Å². The van der Waals surface area contributed by atoms with Gasteiger partial charge in [0.05, 0.1) is 42.3 Å². The fraction of sp³-hybridized carbons (Fsp3) is 0.868. The average Bonchev–Trinajstić information content (AvgIpc) is 3.69. The zero-order valence-electron chi connectivity index (χ0n) is 30.0. The van der Waals surface area contributed by atoms with Gasteiger partial charge in [0.25, 0.3) is 0 Å². The molecule has 0 aromatic rings. The van der Waals surface area contributed by atoms with Crippen molar-refractivity contribution in [3.8, 4) is 0 Å². The summed E-state index contributed by atoms with van der Waals surface area (Å²) in [6.45, 7) is 12.4. The minimum absolute atomic E-state index is 0.00646. The molecule has 3 aliphatic carbocycles. The van der Waals surface area contributed by atoms with E-state index in [-0.39, 0.29) is 47.0 Å². The Morgan fingerprint density at radius 3 is 2.12 bits per heavy atom. The molecule has 10 nitrogen and oxygen atoms in total. The van der Waals surface area contributed by atoms with Crippen molar-refractivity contribution >= 4 is 29.7 Å². The van der Waals surface area contributed by atoms with Crippen LogP contribution in [0.3, 0.4) is 0 Å². The van der Waals surface area contributed by atoms with Crippen molar-refractivity contribution in [1.29, 1.82) is 0 Å². The summed E-state index contributed by atoms with van der Waals surface area (Å²) in [6, 6.07) is -0.214. The molecule has 2 aliphatic heterocycles. The van der Waals surface area contributed by atoms with Crippen LogP contribution in [-0.4, -0.2) is 83.5 Å². The number of rotatable bonds is 16. The van der Waals surface area contributed by atoms with Gasteiger partial charge in [-0.05, 0) is 68.6 Å². The number of aliphatic carboxylic acids is 1. The zero-order chi connectivity index (χ0) is 34.7. The molecule has 9 atom stereocenters. The number of nitrogens with zero attached hydrogens (tertiary/aromatic N) is 2. The molecule has 2 bridgehead atoms. The highest BCUT2D eigenvalue weighted by Crippen LogP contribution is 2.60. The average molecular weight is 673 g/mol. The molecule has 10 heteroatoms. The molecule has 5 rings (SSSR count). The van der Waals surface area contributed by atoms with Gasteiger partial charge in [-0.25, -0.2) is 0 Å². The Hall–Kier alpha value is -2.49. The highest BCUT2D eigenvalue weighted by atomic mass is 16.5. The van der Waals surface area contributed by atoms with E-state index >= 15 is 0 Å². The van der Waals surface area contributed by atoms with Crippen LogP contribution in [0.4, 0.5) is 0 Å². The number of likely N-dealkylation sites (tertiary alicyclic amines) is 1. The molecular weight excluding hydrogens is 612 g/mol. The van der Waals surface area contributed by atoms with E-state index in [0.29, 0.717) is 39.3 Å². The Labute approximate surface area is 287 Å². The zero-order valence-corrected chi connectivity index (χ0v) is 30.0. The smallest absolute Gasteiger partial charge is 0.309 e. The summed E-state index contributed by atoms with van der Waals surface area (Å²) in [6.07, 6.45) is 9.98. The van der Waals surface area contributed by atoms with Crippen LogP contribution in [-0.2, 0) is 33.4 Å². The number of carbonyl (C=O) groups is 5. The number of imide groups is 1. The van der Waals surface area contributed by atoms with Crippen LogP contribution in [0.1, 0.15) is 112 Å². The van der Waals surface area contributed by atoms with Crippen molar-refractivity contribution in [1.82, 2.24) is 9.80 Å².